The van der Waals surface area contributed by atoms with Crippen LogP contribution in [0.3, 0.4) is 0 Å². The van der Waals surface area contributed by atoms with Gasteiger partial charge < -0.3 is 40.7 Å². The van der Waals surface area contributed by atoms with Crippen molar-refractivity contribution in [1.29, 1.82) is 0 Å². The van der Waals surface area contributed by atoms with Crippen LogP contribution in [-0.2, 0) is 0 Å². The molecule has 0 unspecified atom stereocenters. The van der Waals surface area contributed by atoms with E-state index in [1.54, 1.807) is 0 Å². The van der Waals surface area contributed by atoms with Crippen molar-refractivity contribution in [1.82, 2.24) is 0 Å². The number of nitro benzene ring substituents is 1. The lowest BCUT2D eigenvalue weighted by molar-refractivity contribution is -0.385. The molecular formula is C19H26N2O11. The number of benzene rings is 2. The van der Waals surface area contributed by atoms with Crippen LogP contribution in [0, 0.1) is 10.1 Å². The summed E-state index contributed by atoms with van der Waals surface area (Å²) >= 11 is 0. The molecule has 0 aromatic heterocycles. The summed E-state index contributed by atoms with van der Waals surface area (Å²) in [6.45, 7) is 4.00. The first kappa shape index (κ1) is 29.9. The minimum absolute atomic E-state index is 0.0575. The molecule has 13 heteroatoms. The standard InChI is InChI=1S/C8H7NO6.C8H9NO4.C2H6.CH4O/c1-15-7-3-5(9(13)14)4(8(11)12)2-6(7)10;1-13-7-3-5(9)4(8(11)12)2-6(7)10;2*1-2/h2-3,10H,1H3,(H,11,12);2-3,10H,9H2,1H3,(H,11,12);1-2H3;2H,1H3. The molecule has 0 aliphatic carbocycles. The summed E-state index contributed by atoms with van der Waals surface area (Å²) in [5.74, 6) is -3.36. The molecule has 0 spiro atoms. The van der Waals surface area contributed by atoms with Gasteiger partial charge in [-0.25, -0.2) is 9.59 Å². The lowest BCUT2D eigenvalue weighted by Crippen LogP contribution is -2.03. The molecule has 0 amide bonds. The summed E-state index contributed by atoms with van der Waals surface area (Å²) in [5, 5.41) is 53.2. The van der Waals surface area contributed by atoms with E-state index in [0.29, 0.717) is 0 Å². The number of anilines is 1. The van der Waals surface area contributed by atoms with E-state index in [0.717, 1.165) is 25.3 Å². The van der Waals surface area contributed by atoms with Crippen LogP contribution in [0.2, 0.25) is 0 Å². The number of phenols is 2. The average Bonchev–Trinajstić information content (AvgIpc) is 2.77. The molecular weight excluding hydrogens is 432 g/mol. The molecule has 0 radical (unpaired) electrons. The van der Waals surface area contributed by atoms with Crippen molar-refractivity contribution >= 4 is 23.3 Å². The Labute approximate surface area is 183 Å². The first-order chi connectivity index (χ1) is 15.0. The number of methoxy groups -OCH3 is 2. The molecule has 178 valence electrons. The molecule has 0 heterocycles. The van der Waals surface area contributed by atoms with E-state index >= 15 is 0 Å². The summed E-state index contributed by atoms with van der Waals surface area (Å²) < 4.78 is 9.36. The number of hydrogen-bond donors (Lipinski definition) is 6. The fourth-order valence-electron chi connectivity index (χ4n) is 1.98. The maximum absolute atomic E-state index is 10.6. The van der Waals surface area contributed by atoms with Gasteiger partial charge >= 0.3 is 11.9 Å². The number of nitrogens with two attached hydrogens (primary N) is 1. The van der Waals surface area contributed by atoms with Crippen molar-refractivity contribution in [3.8, 4) is 23.0 Å². The highest BCUT2D eigenvalue weighted by molar-refractivity contribution is 5.95. The lowest BCUT2D eigenvalue weighted by atomic mass is 10.1. The maximum Gasteiger partial charge on any atom is 0.342 e. The number of nitro groups is 1. The van der Waals surface area contributed by atoms with Gasteiger partial charge in [0.15, 0.2) is 23.0 Å². The SMILES string of the molecule is CC.CO.COc1cc(N)c(C(=O)O)cc1O.COc1cc([N+](=O)[O-])c(C(=O)O)cc1O. The van der Waals surface area contributed by atoms with Gasteiger partial charge in [0.25, 0.3) is 5.69 Å². The highest BCUT2D eigenvalue weighted by Crippen LogP contribution is 2.33. The third kappa shape index (κ3) is 8.23. The summed E-state index contributed by atoms with van der Waals surface area (Å²) in [6, 6.07) is 3.95. The predicted molar refractivity (Wildman–Crippen MR) is 114 cm³/mol. The number of hydrogen-bond acceptors (Lipinski definition) is 10. The number of phenolic OH excluding ortho intramolecular Hbond substituents is 2. The zero-order valence-electron chi connectivity index (χ0n) is 18.0. The van der Waals surface area contributed by atoms with Crippen molar-refractivity contribution in [2.45, 2.75) is 13.8 Å². The summed E-state index contributed by atoms with van der Waals surface area (Å²) in [5.41, 5.74) is 4.10. The third-order valence-corrected chi connectivity index (χ3v) is 3.31. The highest BCUT2D eigenvalue weighted by Gasteiger charge is 2.23. The molecule has 0 aliphatic rings. The molecule has 2 rings (SSSR count). The van der Waals surface area contributed by atoms with Gasteiger partial charge in [-0.2, -0.15) is 0 Å². The van der Waals surface area contributed by atoms with Crippen LogP contribution < -0.4 is 15.2 Å². The highest BCUT2D eigenvalue weighted by atomic mass is 16.6. The van der Waals surface area contributed by atoms with Crippen LogP contribution in [-0.4, -0.2) is 63.7 Å². The molecule has 0 bridgehead atoms. The summed E-state index contributed by atoms with van der Waals surface area (Å²) in [7, 11) is 3.56. The number of nitrogens with zero attached hydrogens (tertiary/aromatic N) is 1. The first-order valence-corrected chi connectivity index (χ1v) is 8.66. The zero-order chi connectivity index (χ0) is 25.6. The number of aromatic hydroxyl groups is 2. The zero-order valence-corrected chi connectivity index (χ0v) is 18.0. The van der Waals surface area contributed by atoms with E-state index in [1.165, 1.54) is 20.3 Å². The molecule has 0 saturated carbocycles. The van der Waals surface area contributed by atoms with Crippen LogP contribution in [0.25, 0.3) is 0 Å². The van der Waals surface area contributed by atoms with E-state index in [2.05, 4.69) is 4.74 Å². The Morgan fingerprint density at radius 2 is 1.25 bits per heavy atom. The Morgan fingerprint density at radius 1 is 0.875 bits per heavy atom. The maximum atomic E-state index is 10.6. The monoisotopic (exact) mass is 458 g/mol. The quantitative estimate of drug-likeness (QED) is 0.164. The number of carbonyl (C=O) groups is 2. The van der Waals surface area contributed by atoms with Crippen molar-refractivity contribution in [3.05, 3.63) is 45.5 Å². The minimum atomic E-state index is -1.49. The first-order valence-electron chi connectivity index (χ1n) is 8.66. The second-order valence-electron chi connectivity index (χ2n) is 5.02. The minimum Gasteiger partial charge on any atom is -0.504 e. The molecule has 32 heavy (non-hydrogen) atoms. The number of nitrogen functional groups attached to an aromatic ring is 1. The van der Waals surface area contributed by atoms with Crippen LogP contribution >= 0.6 is 0 Å². The molecule has 2 aromatic rings. The molecule has 7 N–H and O–H groups in total. The van der Waals surface area contributed by atoms with Gasteiger partial charge in [0.1, 0.15) is 5.56 Å². The van der Waals surface area contributed by atoms with E-state index in [-0.39, 0.29) is 28.5 Å². The van der Waals surface area contributed by atoms with Crippen molar-refractivity contribution in [2.24, 2.45) is 0 Å². The van der Waals surface area contributed by atoms with E-state index < -0.39 is 33.9 Å². The van der Waals surface area contributed by atoms with Gasteiger partial charge in [-0.3, -0.25) is 10.1 Å². The fraction of sp³-hybridized carbons (Fsp3) is 0.263. The molecule has 13 nitrogen and oxygen atoms in total. The van der Waals surface area contributed by atoms with Gasteiger partial charge in [-0.1, -0.05) is 13.8 Å². The number of carboxylic acids is 2. The van der Waals surface area contributed by atoms with Crippen LogP contribution in [0.5, 0.6) is 23.0 Å². The largest absolute Gasteiger partial charge is 0.504 e. The van der Waals surface area contributed by atoms with Crippen molar-refractivity contribution in [2.75, 3.05) is 27.1 Å². The van der Waals surface area contributed by atoms with Gasteiger partial charge in [0.2, 0.25) is 0 Å². The Morgan fingerprint density at radius 3 is 1.59 bits per heavy atom. The Hall–Kier alpha value is -4.26. The predicted octanol–water partition coefficient (Wildman–Crippen LogP) is 2.32. The molecule has 0 saturated heterocycles. The van der Waals surface area contributed by atoms with E-state index in [4.69, 9.17) is 25.8 Å². The number of carboxylic acid groups (broad SMARTS) is 2. The normalized spacial score (nSPS) is 8.81. The number of aromatic carboxylic acids is 2. The van der Waals surface area contributed by atoms with Crippen molar-refractivity contribution < 1.29 is 49.5 Å². The molecule has 0 atom stereocenters. The van der Waals surface area contributed by atoms with Gasteiger partial charge in [-0.15, -0.1) is 0 Å². The molecule has 2 aromatic carbocycles. The second kappa shape index (κ2) is 14.7. The van der Waals surface area contributed by atoms with E-state index in [1.807, 2.05) is 13.8 Å². The van der Waals surface area contributed by atoms with Gasteiger partial charge in [0.05, 0.1) is 36.5 Å². The number of aliphatic hydroxyl groups excluding tert-OH is 1. The topological polar surface area (TPSA) is 223 Å². The number of ether oxygens (including phenoxy) is 2. The smallest absolute Gasteiger partial charge is 0.342 e. The summed E-state index contributed by atoms with van der Waals surface area (Å²) in [4.78, 5) is 30.8. The lowest BCUT2D eigenvalue weighted by Gasteiger charge is -2.06. The van der Waals surface area contributed by atoms with Gasteiger partial charge in [0, 0.05) is 25.3 Å². The van der Waals surface area contributed by atoms with Crippen molar-refractivity contribution in [3.63, 3.8) is 0 Å². The average molecular weight is 458 g/mol. The second-order valence-corrected chi connectivity index (χ2v) is 5.02. The number of rotatable bonds is 5. The third-order valence-electron chi connectivity index (χ3n) is 3.31. The van der Waals surface area contributed by atoms with E-state index in [9.17, 15) is 29.9 Å². The summed E-state index contributed by atoms with van der Waals surface area (Å²) in [6.07, 6.45) is 0. The van der Waals surface area contributed by atoms with Crippen LogP contribution in [0.15, 0.2) is 24.3 Å². The Balaban J connectivity index is 0. The van der Waals surface area contributed by atoms with Crippen LogP contribution in [0.1, 0.15) is 34.6 Å². The fourth-order valence-corrected chi connectivity index (χ4v) is 1.98. The Kier molecular flexibility index (Phi) is 13.7. The Bertz CT molecular complexity index is 930. The molecule has 0 fully saturated rings. The molecule has 0 aliphatic heterocycles. The number of aliphatic hydroxyl groups is 1. The van der Waals surface area contributed by atoms with Gasteiger partial charge in [-0.05, 0) is 0 Å². The van der Waals surface area contributed by atoms with Crippen LogP contribution in [0.4, 0.5) is 11.4 Å².